The molecule has 4 bridgehead atoms. The van der Waals surface area contributed by atoms with E-state index in [9.17, 15) is 4.79 Å². The van der Waals surface area contributed by atoms with Crippen LogP contribution in [0.3, 0.4) is 0 Å². The van der Waals surface area contributed by atoms with Crippen molar-refractivity contribution < 1.29 is 14.3 Å². The van der Waals surface area contributed by atoms with Crippen LogP contribution in [0.4, 0.5) is 0 Å². The van der Waals surface area contributed by atoms with Crippen LogP contribution in [0, 0.1) is 35.5 Å². The zero-order chi connectivity index (χ0) is 12.9. The molecule has 0 spiro atoms. The summed E-state index contributed by atoms with van der Waals surface area (Å²) in [5.74, 6) is 4.50. The van der Waals surface area contributed by atoms with E-state index in [2.05, 4.69) is 6.58 Å². The molecule has 102 valence electrons. The molecule has 3 heteroatoms. The molecule has 0 aromatic rings. The summed E-state index contributed by atoms with van der Waals surface area (Å²) in [4.78, 5) is 11.8. The Morgan fingerprint density at radius 2 is 1.84 bits per heavy atom. The summed E-state index contributed by atoms with van der Waals surface area (Å²) in [7, 11) is 0. The Balaban J connectivity index is 1.39. The Bertz CT molecular complexity index is 484. The Morgan fingerprint density at radius 1 is 1.11 bits per heavy atom. The molecule has 9 atom stereocenters. The first kappa shape index (κ1) is 10.9. The zero-order valence-electron chi connectivity index (χ0n) is 11.2. The molecule has 0 N–H and O–H groups in total. The van der Waals surface area contributed by atoms with E-state index < -0.39 is 0 Å². The van der Waals surface area contributed by atoms with Gasteiger partial charge in [-0.2, -0.15) is 0 Å². The SMILES string of the molecule is C=C(C)C(=O)OC1CC2CC1C1C3CC(C4OC34)C21. The van der Waals surface area contributed by atoms with Gasteiger partial charge in [0.15, 0.2) is 0 Å². The maximum Gasteiger partial charge on any atom is 0.333 e. The summed E-state index contributed by atoms with van der Waals surface area (Å²) in [6, 6.07) is 0. The number of carbonyl (C=O) groups is 1. The topological polar surface area (TPSA) is 38.8 Å². The van der Waals surface area contributed by atoms with Crippen molar-refractivity contribution in [3.8, 4) is 0 Å². The van der Waals surface area contributed by atoms with Crippen molar-refractivity contribution >= 4 is 5.97 Å². The fourth-order valence-electron chi connectivity index (χ4n) is 6.16. The third kappa shape index (κ3) is 1.21. The van der Waals surface area contributed by atoms with Crippen molar-refractivity contribution in [2.24, 2.45) is 35.5 Å². The van der Waals surface area contributed by atoms with Gasteiger partial charge >= 0.3 is 5.97 Å². The third-order valence-electron chi connectivity index (χ3n) is 6.62. The highest BCUT2D eigenvalue weighted by molar-refractivity contribution is 5.87. The Labute approximate surface area is 113 Å². The summed E-state index contributed by atoms with van der Waals surface area (Å²) in [5, 5.41) is 0. The maximum absolute atomic E-state index is 11.8. The standard InChI is InChI=1S/C16H20O3/c1-6(2)16(17)18-11-4-7-3-8(11)13-10-5-9(12(7)13)14-15(10)19-14/h7-15H,1,3-5H2,2H3. The van der Waals surface area contributed by atoms with Crippen LogP contribution in [0.5, 0.6) is 0 Å². The van der Waals surface area contributed by atoms with Crippen molar-refractivity contribution in [1.29, 1.82) is 0 Å². The molecule has 4 aliphatic carbocycles. The highest BCUT2D eigenvalue weighted by Crippen LogP contribution is 2.72. The molecule has 4 saturated carbocycles. The van der Waals surface area contributed by atoms with Gasteiger partial charge in [0.1, 0.15) is 6.10 Å². The second-order valence-corrected chi connectivity index (χ2v) is 7.40. The Morgan fingerprint density at radius 3 is 2.58 bits per heavy atom. The van der Waals surface area contributed by atoms with Crippen LogP contribution in [-0.4, -0.2) is 24.3 Å². The first-order valence-electron chi connectivity index (χ1n) is 7.67. The largest absolute Gasteiger partial charge is 0.459 e. The van der Waals surface area contributed by atoms with E-state index in [1.54, 1.807) is 6.92 Å². The van der Waals surface area contributed by atoms with Crippen molar-refractivity contribution in [2.45, 2.75) is 44.5 Å². The second-order valence-electron chi connectivity index (χ2n) is 7.40. The fraction of sp³-hybridized carbons (Fsp3) is 0.812. The molecule has 5 rings (SSSR count). The van der Waals surface area contributed by atoms with Gasteiger partial charge in [-0.1, -0.05) is 6.58 Å². The van der Waals surface area contributed by atoms with Gasteiger partial charge in [-0.25, -0.2) is 4.79 Å². The monoisotopic (exact) mass is 260 g/mol. The normalized spacial score (nSPS) is 58.9. The Kier molecular flexibility index (Phi) is 1.86. The quantitative estimate of drug-likeness (QED) is 0.330. The molecule has 1 aliphatic heterocycles. The van der Waals surface area contributed by atoms with Crippen LogP contribution >= 0.6 is 0 Å². The van der Waals surface area contributed by atoms with Crippen molar-refractivity contribution in [2.75, 3.05) is 0 Å². The lowest BCUT2D eigenvalue weighted by atomic mass is 9.70. The first-order valence-corrected chi connectivity index (χ1v) is 7.67. The van der Waals surface area contributed by atoms with Gasteiger partial charge in [0.25, 0.3) is 0 Å². The van der Waals surface area contributed by atoms with Crippen LogP contribution in [-0.2, 0) is 14.3 Å². The first-order chi connectivity index (χ1) is 9.15. The lowest BCUT2D eigenvalue weighted by molar-refractivity contribution is -0.148. The van der Waals surface area contributed by atoms with E-state index in [4.69, 9.17) is 9.47 Å². The van der Waals surface area contributed by atoms with Gasteiger partial charge in [0.2, 0.25) is 0 Å². The zero-order valence-corrected chi connectivity index (χ0v) is 11.2. The molecule has 5 fully saturated rings. The highest BCUT2D eigenvalue weighted by Gasteiger charge is 2.73. The number of ether oxygens (including phenoxy) is 2. The second kappa shape index (κ2) is 3.25. The van der Waals surface area contributed by atoms with E-state index in [0.29, 0.717) is 23.7 Å². The van der Waals surface area contributed by atoms with Crippen molar-refractivity contribution in [1.82, 2.24) is 0 Å². The Hall–Kier alpha value is -0.830. The number of rotatable bonds is 2. The number of fused-ring (bicyclic) bond motifs is 12. The number of carbonyl (C=O) groups excluding carboxylic acids is 1. The van der Waals surface area contributed by atoms with Crippen LogP contribution in [0.25, 0.3) is 0 Å². The van der Waals surface area contributed by atoms with E-state index in [1.165, 1.54) is 12.8 Å². The van der Waals surface area contributed by atoms with Gasteiger partial charge in [-0.05, 0) is 61.7 Å². The lowest BCUT2D eigenvalue weighted by Crippen LogP contribution is -2.39. The van der Waals surface area contributed by atoms with E-state index >= 15 is 0 Å². The minimum absolute atomic E-state index is 0.159. The summed E-state index contributed by atoms with van der Waals surface area (Å²) in [6.07, 6.45) is 5.11. The van der Waals surface area contributed by atoms with Crippen LogP contribution in [0.1, 0.15) is 26.2 Å². The molecule has 5 aliphatic rings. The third-order valence-corrected chi connectivity index (χ3v) is 6.62. The van der Waals surface area contributed by atoms with E-state index in [1.807, 2.05) is 0 Å². The summed E-state index contributed by atoms with van der Waals surface area (Å²) in [5.41, 5.74) is 0.526. The number of hydrogen-bond acceptors (Lipinski definition) is 3. The molecule has 19 heavy (non-hydrogen) atoms. The van der Waals surface area contributed by atoms with E-state index in [-0.39, 0.29) is 12.1 Å². The van der Waals surface area contributed by atoms with Gasteiger partial charge in [-0.15, -0.1) is 0 Å². The smallest absolute Gasteiger partial charge is 0.333 e. The van der Waals surface area contributed by atoms with Crippen molar-refractivity contribution in [3.05, 3.63) is 12.2 Å². The van der Waals surface area contributed by atoms with E-state index in [0.717, 1.165) is 36.0 Å². The van der Waals surface area contributed by atoms with Gasteiger partial charge < -0.3 is 9.47 Å². The lowest BCUT2D eigenvalue weighted by Gasteiger charge is -2.36. The summed E-state index contributed by atoms with van der Waals surface area (Å²) >= 11 is 0. The molecule has 0 amide bonds. The van der Waals surface area contributed by atoms with Crippen LogP contribution in [0.2, 0.25) is 0 Å². The summed E-state index contributed by atoms with van der Waals surface area (Å²) < 4.78 is 11.5. The number of esters is 1. The van der Waals surface area contributed by atoms with Gasteiger partial charge in [0, 0.05) is 5.57 Å². The molecular weight excluding hydrogens is 240 g/mol. The average Bonchev–Trinajstić information content (AvgIpc) is 2.76. The molecule has 0 radical (unpaired) electrons. The maximum atomic E-state index is 11.8. The minimum Gasteiger partial charge on any atom is -0.459 e. The molecular formula is C16H20O3. The fourth-order valence-corrected chi connectivity index (χ4v) is 6.16. The minimum atomic E-state index is -0.196. The molecule has 0 aromatic carbocycles. The summed E-state index contributed by atoms with van der Waals surface area (Å²) in [6.45, 7) is 5.42. The predicted molar refractivity (Wildman–Crippen MR) is 68.1 cm³/mol. The molecule has 9 unspecified atom stereocenters. The van der Waals surface area contributed by atoms with Crippen LogP contribution < -0.4 is 0 Å². The highest BCUT2D eigenvalue weighted by atomic mass is 16.6. The predicted octanol–water partition coefficient (Wildman–Crippen LogP) is 2.16. The van der Waals surface area contributed by atoms with Gasteiger partial charge in [-0.3, -0.25) is 0 Å². The molecule has 0 aromatic heterocycles. The molecule has 3 nitrogen and oxygen atoms in total. The average molecular weight is 260 g/mol. The molecule has 1 heterocycles. The van der Waals surface area contributed by atoms with Gasteiger partial charge in [0.05, 0.1) is 12.2 Å². The van der Waals surface area contributed by atoms with Crippen LogP contribution in [0.15, 0.2) is 12.2 Å². The number of hydrogen-bond donors (Lipinski definition) is 0. The van der Waals surface area contributed by atoms with Crippen molar-refractivity contribution in [3.63, 3.8) is 0 Å². The number of epoxide rings is 1. The molecule has 1 saturated heterocycles.